The molecule has 0 saturated carbocycles. The van der Waals surface area contributed by atoms with Crippen LogP contribution in [0.3, 0.4) is 0 Å². The zero-order valence-electron chi connectivity index (χ0n) is 2.23. The van der Waals surface area contributed by atoms with Crippen LogP contribution < -0.4 is 5.64 Å². The van der Waals surface area contributed by atoms with Gasteiger partial charge in [-0.15, -0.1) is 0 Å². The van der Waals surface area contributed by atoms with E-state index in [0.717, 1.165) is 0 Å². The molecule has 0 bridgehead atoms. The summed E-state index contributed by atoms with van der Waals surface area (Å²) in [7, 11) is 5.40. The topological polar surface area (TPSA) is 26.0 Å². The quantitative estimate of drug-likeness (QED) is 0.297. The Labute approximate surface area is 32.0 Å². The highest BCUT2D eigenvalue weighted by Crippen LogP contribution is 1.69. The first kappa shape index (κ1) is 4.67. The Morgan fingerprint density at radius 2 is 2.00 bits per heavy atom. The molecule has 0 spiro atoms. The normalized spacial score (nSPS) is 6.75. The van der Waals surface area contributed by atoms with Gasteiger partial charge in [0.2, 0.25) is 6.16 Å². The van der Waals surface area contributed by atoms with Gasteiger partial charge in [-0.25, -0.2) is 0 Å². The van der Waals surface area contributed by atoms with Crippen molar-refractivity contribution in [1.82, 2.24) is 0 Å². The molecule has 0 saturated heterocycles. The average molecular weight is 87.9 g/mol. The Morgan fingerprint density at radius 1 is 2.00 bits per heavy atom. The van der Waals surface area contributed by atoms with Gasteiger partial charge in [-0.2, -0.15) is 9.12 Å². The van der Waals surface area contributed by atoms with Gasteiger partial charge in [-0.05, 0) is 0 Å². The summed E-state index contributed by atoms with van der Waals surface area (Å²) in [5.74, 6) is 0. The van der Waals surface area contributed by atoms with E-state index in [1.54, 1.807) is 0 Å². The molecule has 4 heteroatoms. The first-order valence-corrected chi connectivity index (χ1v) is 2.20. The standard InChI is InChI=1S/BH4NPSi/c2-1(3)4/h2-3H2. The van der Waals surface area contributed by atoms with Crippen molar-refractivity contribution in [2.24, 2.45) is 5.64 Å². The lowest BCUT2D eigenvalue weighted by Crippen LogP contribution is -2.15. The second-order valence-electron chi connectivity index (χ2n) is 0.526. The summed E-state index contributed by atoms with van der Waals surface area (Å²) < 4.78 is 0. The van der Waals surface area contributed by atoms with Gasteiger partial charge in [0.05, 0.1) is 0 Å². The van der Waals surface area contributed by atoms with E-state index in [0.29, 0.717) is 0 Å². The van der Waals surface area contributed by atoms with Crippen LogP contribution in [-0.2, 0) is 0 Å². The van der Waals surface area contributed by atoms with E-state index in [-0.39, 0.29) is 6.16 Å². The molecule has 0 aliphatic heterocycles. The van der Waals surface area contributed by atoms with E-state index >= 15 is 0 Å². The highest BCUT2D eigenvalue weighted by Gasteiger charge is 1.77. The molecular weight excluding hydrogens is 83.9 g/mol. The molecule has 0 aliphatic rings. The van der Waals surface area contributed by atoms with Crippen molar-refractivity contribution in [1.29, 1.82) is 0 Å². The van der Waals surface area contributed by atoms with Crippen LogP contribution in [0.25, 0.3) is 0 Å². The van der Waals surface area contributed by atoms with E-state index in [9.17, 15) is 0 Å². The van der Waals surface area contributed by atoms with Crippen LogP contribution in [0.5, 0.6) is 0 Å². The second kappa shape index (κ2) is 1.94. The third-order valence-corrected chi connectivity index (χ3v) is 0. The Bertz CT molecular complexity index is 12.8. The highest BCUT2D eigenvalue weighted by molar-refractivity contribution is 7.71. The van der Waals surface area contributed by atoms with Gasteiger partial charge in [-0.3, -0.25) is 0 Å². The summed E-state index contributed by atoms with van der Waals surface area (Å²) in [5, 5.41) is 0. The lowest BCUT2D eigenvalue weighted by Gasteiger charge is -1.73. The first-order chi connectivity index (χ1) is 1.73. The Balaban J connectivity index is 2.32. The van der Waals surface area contributed by atoms with Gasteiger partial charge in [0.15, 0.2) is 0 Å². The molecule has 0 aromatic carbocycles. The smallest absolute Gasteiger partial charge is 0.218 e. The van der Waals surface area contributed by atoms with Crippen LogP contribution in [0.4, 0.5) is 0 Å². The lowest BCUT2D eigenvalue weighted by molar-refractivity contribution is 1.96. The van der Waals surface area contributed by atoms with Crippen LogP contribution in [0.2, 0.25) is 0 Å². The molecule has 1 unspecified atom stereocenters. The second-order valence-corrected chi connectivity index (χ2v) is 2.58. The van der Waals surface area contributed by atoms with Crippen molar-refractivity contribution in [3.05, 3.63) is 0 Å². The van der Waals surface area contributed by atoms with Gasteiger partial charge in [0, 0.05) is 10.1 Å². The van der Waals surface area contributed by atoms with Crippen LogP contribution >= 0.6 is 9.12 Å². The minimum absolute atomic E-state index is 0.0556. The monoisotopic (exact) mass is 88.0 g/mol. The first-order valence-electron chi connectivity index (χ1n) is 0.955. The largest absolute Gasteiger partial charge is 0.369 e. The van der Waals surface area contributed by atoms with E-state index in [1.807, 2.05) is 0 Å². The van der Waals surface area contributed by atoms with Gasteiger partial charge >= 0.3 is 0 Å². The third kappa shape index (κ3) is 16.5. The zero-order chi connectivity index (χ0) is 3.58. The molecular formula is H4BNPSi. The summed E-state index contributed by atoms with van der Waals surface area (Å²) >= 11 is 0. The van der Waals surface area contributed by atoms with E-state index in [2.05, 4.69) is 19.2 Å². The predicted molar refractivity (Wildman–Crippen MR) is 25.4 cm³/mol. The maximum atomic E-state index is 4.99. The summed E-state index contributed by atoms with van der Waals surface area (Å²) in [5.41, 5.74) is 4.99. The van der Waals surface area contributed by atoms with Crippen LogP contribution in [0.1, 0.15) is 0 Å². The molecule has 1 atom stereocenters. The molecule has 3 radical (unpaired) electrons. The summed E-state index contributed by atoms with van der Waals surface area (Å²) in [4.78, 5) is 0. The van der Waals surface area contributed by atoms with E-state index in [4.69, 9.17) is 5.64 Å². The average Bonchev–Trinajstić information content (AvgIpc) is 0.811. The van der Waals surface area contributed by atoms with Crippen molar-refractivity contribution < 1.29 is 0 Å². The Hall–Kier alpha value is 0.672. The van der Waals surface area contributed by atoms with Crippen molar-refractivity contribution in [3.63, 3.8) is 0 Å². The molecule has 0 heterocycles. The van der Waals surface area contributed by atoms with Crippen LogP contribution in [0.15, 0.2) is 0 Å². The Kier molecular flexibility index (Phi) is 2.27. The van der Waals surface area contributed by atoms with Gasteiger partial charge in [0.1, 0.15) is 0 Å². The Morgan fingerprint density at radius 3 is 2.00 bits per heavy atom. The molecule has 21 valence electrons. The highest BCUT2D eigenvalue weighted by atomic mass is 31.0. The fourth-order valence-electron chi connectivity index (χ4n) is 0. The lowest BCUT2D eigenvalue weighted by atomic mass is 10.4. The molecule has 0 fully saturated rings. The van der Waals surface area contributed by atoms with Gasteiger partial charge in [-0.1, -0.05) is 0 Å². The predicted octanol–water partition coefficient (Wildman–Crippen LogP) is -1.03. The minimum atomic E-state index is 0.0556. The van der Waals surface area contributed by atoms with Crippen LogP contribution in [0, 0.1) is 0 Å². The molecule has 0 aromatic rings. The minimum Gasteiger partial charge on any atom is -0.369 e. The fraction of sp³-hybridized carbons (Fsp3) is 0. The van der Waals surface area contributed by atoms with E-state index < -0.39 is 0 Å². The molecule has 1 nitrogen and oxygen atoms in total. The number of hydrogen-bond acceptors (Lipinski definition) is 1. The van der Waals surface area contributed by atoms with E-state index in [1.165, 1.54) is 0 Å². The molecule has 0 rings (SSSR count). The molecule has 4 heavy (non-hydrogen) atoms. The summed E-state index contributed by atoms with van der Waals surface area (Å²) in [6.45, 7) is 0. The number of nitrogens with two attached hydrogens (primary N) is 1. The fourth-order valence-corrected chi connectivity index (χ4v) is 0. The van der Waals surface area contributed by atoms with Crippen molar-refractivity contribution in [2.45, 2.75) is 0 Å². The van der Waals surface area contributed by atoms with Gasteiger partial charge in [0.25, 0.3) is 0 Å². The van der Waals surface area contributed by atoms with Crippen molar-refractivity contribution in [3.8, 4) is 0 Å². The maximum Gasteiger partial charge on any atom is 0.218 e. The zero-order valence-corrected chi connectivity index (χ0v) is 4.39. The number of rotatable bonds is 0. The SMILES string of the molecule is NB([Si])P. The van der Waals surface area contributed by atoms with Crippen LogP contribution in [-0.4, -0.2) is 16.3 Å². The summed E-state index contributed by atoms with van der Waals surface area (Å²) in [6, 6.07) is 0. The number of hydrogen-bond donors (Lipinski definition) is 1. The van der Waals surface area contributed by atoms with Gasteiger partial charge < -0.3 is 5.64 Å². The maximum absolute atomic E-state index is 4.99. The molecule has 0 aliphatic carbocycles. The van der Waals surface area contributed by atoms with Crippen molar-refractivity contribution >= 4 is 25.4 Å². The van der Waals surface area contributed by atoms with Crippen molar-refractivity contribution in [2.75, 3.05) is 0 Å². The molecule has 0 aromatic heterocycles. The molecule has 2 N–H and O–H groups in total. The molecule has 0 amide bonds. The third-order valence-electron chi connectivity index (χ3n) is 0. The summed E-state index contributed by atoms with van der Waals surface area (Å²) in [6.07, 6.45) is 0.0556.